The molecule has 0 bridgehead atoms. The molecule has 0 radical (unpaired) electrons. The second-order valence-electron chi connectivity index (χ2n) is 16.1. The van der Waals surface area contributed by atoms with Crippen molar-refractivity contribution in [2.45, 2.75) is 122 Å². The largest absolute Gasteiger partial charge is 0.444 e. The number of likely N-dealkylation sites (tertiary alicyclic amines) is 1. The Balaban J connectivity index is 1.19. The molecule has 1 unspecified atom stereocenters. The molecule has 3 amide bonds. The molecule has 46 heavy (non-hydrogen) atoms. The summed E-state index contributed by atoms with van der Waals surface area (Å²) in [7, 11) is 0. The zero-order valence-corrected chi connectivity index (χ0v) is 28.4. The maximum absolute atomic E-state index is 14.0. The molecule has 3 aliphatic carbocycles. The van der Waals surface area contributed by atoms with Crippen molar-refractivity contribution in [2.24, 2.45) is 17.3 Å². The average Bonchev–Trinajstić information content (AvgIpc) is 3.73. The zero-order chi connectivity index (χ0) is 32.9. The Hall–Kier alpha value is -2.88. The van der Waals surface area contributed by atoms with Crippen LogP contribution in [0.3, 0.4) is 0 Å². The number of rotatable bonds is 7. The van der Waals surface area contributed by atoms with Gasteiger partial charge >= 0.3 is 6.09 Å². The van der Waals surface area contributed by atoms with E-state index in [9.17, 15) is 24.3 Å². The minimum Gasteiger partial charge on any atom is -0.444 e. The van der Waals surface area contributed by atoms with Gasteiger partial charge in [0.2, 0.25) is 5.91 Å². The number of ether oxygens (including phenoxy) is 1. The van der Waals surface area contributed by atoms with Gasteiger partial charge in [-0.25, -0.2) is 4.79 Å². The van der Waals surface area contributed by atoms with Crippen molar-refractivity contribution in [1.82, 2.24) is 19.3 Å². The Morgan fingerprint density at radius 1 is 0.935 bits per heavy atom. The predicted octanol–water partition coefficient (Wildman–Crippen LogP) is 4.77. The predicted molar refractivity (Wildman–Crippen MR) is 175 cm³/mol. The van der Waals surface area contributed by atoms with Crippen LogP contribution < -0.4 is 5.56 Å². The molecular weight excluding hydrogens is 584 g/mol. The summed E-state index contributed by atoms with van der Waals surface area (Å²) in [6, 6.07) is 1.62. The van der Waals surface area contributed by atoms with Crippen LogP contribution in [0.2, 0.25) is 0 Å². The molecule has 3 saturated carbocycles. The van der Waals surface area contributed by atoms with Gasteiger partial charge in [0.05, 0.1) is 17.7 Å². The lowest BCUT2D eigenvalue weighted by Gasteiger charge is -2.53. The zero-order valence-electron chi connectivity index (χ0n) is 28.4. The fraction of sp³-hybridized carbons (Fsp3) is 0.778. The van der Waals surface area contributed by atoms with Crippen LogP contribution in [-0.4, -0.2) is 92.8 Å². The first-order valence-corrected chi connectivity index (χ1v) is 17.8. The lowest BCUT2D eigenvalue weighted by atomic mass is 9.65. The first-order chi connectivity index (χ1) is 21.8. The third-order valence-corrected chi connectivity index (χ3v) is 11.5. The van der Waals surface area contributed by atoms with Crippen LogP contribution in [0.15, 0.2) is 17.1 Å². The highest BCUT2D eigenvalue weighted by molar-refractivity contribution is 5.96. The van der Waals surface area contributed by atoms with E-state index in [1.165, 1.54) is 19.3 Å². The number of aromatic nitrogens is 1. The van der Waals surface area contributed by atoms with E-state index in [2.05, 4.69) is 6.92 Å². The number of hydrogen-bond acceptors (Lipinski definition) is 6. The number of hydrogen-bond donors (Lipinski definition) is 1. The van der Waals surface area contributed by atoms with Gasteiger partial charge in [0.15, 0.2) is 0 Å². The van der Waals surface area contributed by atoms with Crippen molar-refractivity contribution >= 4 is 17.9 Å². The summed E-state index contributed by atoms with van der Waals surface area (Å²) in [6.07, 6.45) is 11.9. The third kappa shape index (κ3) is 6.74. The highest BCUT2D eigenvalue weighted by Gasteiger charge is 2.56. The Bertz CT molecular complexity index is 1380. The number of carbonyl (C=O) groups is 3. The number of pyridine rings is 1. The van der Waals surface area contributed by atoms with E-state index in [4.69, 9.17) is 4.74 Å². The van der Waals surface area contributed by atoms with Gasteiger partial charge in [-0.1, -0.05) is 39.0 Å². The quantitative estimate of drug-likeness (QED) is 0.461. The first-order valence-electron chi connectivity index (χ1n) is 17.8. The Labute approximate surface area is 273 Å². The molecule has 10 nitrogen and oxygen atoms in total. The lowest BCUT2D eigenvalue weighted by Crippen LogP contribution is -2.62. The lowest BCUT2D eigenvalue weighted by molar-refractivity contribution is -0.163. The topological polar surface area (TPSA) is 112 Å². The van der Waals surface area contributed by atoms with E-state index in [-0.39, 0.29) is 41.8 Å². The minimum atomic E-state index is -1.15. The summed E-state index contributed by atoms with van der Waals surface area (Å²) in [5.41, 5.74) is -1.07. The smallest absolute Gasteiger partial charge is 0.410 e. The second-order valence-corrected chi connectivity index (χ2v) is 16.1. The van der Waals surface area contributed by atoms with Crippen LogP contribution in [0.5, 0.6) is 0 Å². The van der Waals surface area contributed by atoms with E-state index < -0.39 is 16.6 Å². The molecule has 10 heteroatoms. The number of nitrogens with zero attached hydrogens (tertiary/aromatic N) is 4. The van der Waals surface area contributed by atoms with Gasteiger partial charge in [0.1, 0.15) is 5.60 Å². The average molecular weight is 639 g/mol. The van der Waals surface area contributed by atoms with Gasteiger partial charge in [-0.2, -0.15) is 0 Å². The maximum Gasteiger partial charge on any atom is 0.410 e. The van der Waals surface area contributed by atoms with Crippen LogP contribution in [-0.2, 0) is 16.1 Å². The van der Waals surface area contributed by atoms with Gasteiger partial charge in [-0.05, 0) is 76.7 Å². The minimum absolute atomic E-state index is 0.00731. The fourth-order valence-electron chi connectivity index (χ4n) is 8.42. The SMILES string of the molecule is CC(CC1CCC1)C(=O)N1CC[C@@](O)(Cn2cc(C(=O)N3CCN(C(=O)OC(C)(C)C)CC3)c(C3CC3)cc2=O)C2(CCCC2)C1. The second kappa shape index (κ2) is 12.6. The summed E-state index contributed by atoms with van der Waals surface area (Å²) < 4.78 is 7.08. The normalized spacial score (nSPS) is 25.8. The Morgan fingerprint density at radius 2 is 1.59 bits per heavy atom. The van der Waals surface area contributed by atoms with Crippen LogP contribution in [0.1, 0.15) is 120 Å². The molecule has 1 spiro atoms. The maximum atomic E-state index is 14.0. The van der Waals surface area contributed by atoms with Gasteiger partial charge in [-0.15, -0.1) is 0 Å². The van der Waals surface area contributed by atoms with Crippen molar-refractivity contribution in [3.05, 3.63) is 33.7 Å². The van der Waals surface area contributed by atoms with E-state index in [1.54, 1.807) is 26.6 Å². The monoisotopic (exact) mass is 638 g/mol. The summed E-state index contributed by atoms with van der Waals surface area (Å²) in [6.45, 7) is 10.2. The molecule has 1 aromatic heterocycles. The molecule has 1 N–H and O–H groups in total. The molecule has 2 saturated heterocycles. The van der Waals surface area contributed by atoms with Crippen molar-refractivity contribution < 1.29 is 24.2 Å². The highest BCUT2D eigenvalue weighted by atomic mass is 16.6. The summed E-state index contributed by atoms with van der Waals surface area (Å²) >= 11 is 0. The van der Waals surface area contributed by atoms with Crippen LogP contribution in [0.4, 0.5) is 4.79 Å². The molecule has 5 aliphatic rings. The number of carbonyl (C=O) groups excluding carboxylic acids is 3. The van der Waals surface area contributed by atoms with Crippen molar-refractivity contribution in [2.75, 3.05) is 39.3 Å². The fourth-order valence-corrected chi connectivity index (χ4v) is 8.42. The van der Waals surface area contributed by atoms with Crippen LogP contribution in [0, 0.1) is 17.3 Å². The third-order valence-electron chi connectivity index (χ3n) is 11.5. The van der Waals surface area contributed by atoms with Gasteiger partial charge in [0.25, 0.3) is 11.5 Å². The van der Waals surface area contributed by atoms with Crippen molar-refractivity contribution in [3.8, 4) is 0 Å². The van der Waals surface area contributed by atoms with E-state index >= 15 is 0 Å². The standard InChI is InChI=1S/C36H54N4O6/c1-25(20-26-8-7-9-26)31(42)39-15-14-36(45,35(23-39)12-5-6-13-35)24-40-22-29(28(21-30(40)41)27-10-11-27)32(43)37-16-18-38(19-17-37)33(44)46-34(2,3)4/h21-22,25-27,45H,5-20,23-24H2,1-4H3/t25?,36-/m1/s1. The Kier molecular flexibility index (Phi) is 9.06. The van der Waals surface area contributed by atoms with E-state index in [1.807, 2.05) is 25.7 Å². The number of piperidine rings is 1. The molecule has 254 valence electrons. The van der Waals surface area contributed by atoms with Crippen molar-refractivity contribution in [3.63, 3.8) is 0 Å². The molecular formula is C36H54N4O6. The number of piperazine rings is 1. The summed E-state index contributed by atoms with van der Waals surface area (Å²) in [5.74, 6) is 0.919. The van der Waals surface area contributed by atoms with E-state index in [0.717, 1.165) is 50.5 Å². The molecule has 2 aliphatic heterocycles. The number of aliphatic hydroxyl groups is 1. The molecule has 0 aromatic carbocycles. The van der Waals surface area contributed by atoms with E-state index in [0.29, 0.717) is 57.2 Å². The summed E-state index contributed by atoms with van der Waals surface area (Å²) in [4.78, 5) is 59.1. The highest BCUT2D eigenvalue weighted by Crippen LogP contribution is 2.52. The molecule has 5 fully saturated rings. The molecule has 3 heterocycles. The molecule has 1 aromatic rings. The molecule has 6 rings (SSSR count). The Morgan fingerprint density at radius 3 is 2.17 bits per heavy atom. The van der Waals surface area contributed by atoms with Crippen molar-refractivity contribution in [1.29, 1.82) is 0 Å². The summed E-state index contributed by atoms with van der Waals surface area (Å²) in [5, 5.41) is 12.4. The van der Waals surface area contributed by atoms with Crippen LogP contribution in [0.25, 0.3) is 0 Å². The molecule has 2 atom stereocenters. The van der Waals surface area contributed by atoms with Gasteiger partial charge in [0, 0.05) is 62.9 Å². The van der Waals surface area contributed by atoms with Gasteiger partial charge in [-0.3, -0.25) is 14.4 Å². The van der Waals surface area contributed by atoms with Gasteiger partial charge < -0.3 is 29.1 Å². The first kappa shape index (κ1) is 33.0. The number of amides is 3. The van der Waals surface area contributed by atoms with Crippen LogP contribution >= 0.6 is 0 Å².